The van der Waals surface area contributed by atoms with Crippen molar-refractivity contribution in [1.29, 1.82) is 0 Å². The molecule has 0 N–H and O–H groups in total. The van der Waals surface area contributed by atoms with E-state index in [-0.39, 0.29) is 21.5 Å². The van der Waals surface area contributed by atoms with E-state index in [0.717, 1.165) is 18.2 Å². The van der Waals surface area contributed by atoms with Crippen molar-refractivity contribution in [2.24, 2.45) is 0 Å². The highest BCUT2D eigenvalue weighted by atomic mass is 32.2. The fraction of sp³-hybridized carbons (Fsp3) is 0.600. The van der Waals surface area contributed by atoms with E-state index >= 15 is 0 Å². The van der Waals surface area contributed by atoms with E-state index in [4.69, 9.17) is 9.47 Å². The minimum absolute atomic E-state index is 0.0324. The van der Waals surface area contributed by atoms with E-state index < -0.39 is 15.8 Å². The molecular weight excluding hydrogens is 341 g/mol. The Hall–Kier alpha value is -0.830. The highest BCUT2D eigenvalue weighted by Gasteiger charge is 2.53. The number of rotatable bonds is 5. The molecule has 0 aromatic heterocycles. The number of methoxy groups -OCH3 is 1. The van der Waals surface area contributed by atoms with Gasteiger partial charge in [-0.1, -0.05) is 0 Å². The van der Waals surface area contributed by atoms with Crippen LogP contribution in [0.5, 0.6) is 5.75 Å². The van der Waals surface area contributed by atoms with Crippen LogP contribution in [0.15, 0.2) is 23.1 Å². The summed E-state index contributed by atoms with van der Waals surface area (Å²) in [5.41, 5.74) is 0. The van der Waals surface area contributed by atoms with Gasteiger partial charge >= 0.3 is 0 Å². The van der Waals surface area contributed by atoms with Gasteiger partial charge in [0.2, 0.25) is 10.0 Å². The lowest BCUT2D eigenvalue weighted by molar-refractivity contribution is 0.0598. The number of nitrogens with zero attached hydrogens (tertiary/aromatic N) is 1. The molecule has 1 spiro atoms. The fourth-order valence-electron chi connectivity index (χ4n) is 3.09. The van der Waals surface area contributed by atoms with Crippen molar-refractivity contribution in [3.63, 3.8) is 0 Å². The summed E-state index contributed by atoms with van der Waals surface area (Å²) in [6.45, 7) is 3.55. The molecular formula is C15H20FNO4S2. The number of hydrogen-bond donors (Lipinski definition) is 0. The van der Waals surface area contributed by atoms with Crippen molar-refractivity contribution in [2.45, 2.75) is 29.1 Å². The van der Waals surface area contributed by atoms with Gasteiger partial charge in [0.05, 0.1) is 18.1 Å². The van der Waals surface area contributed by atoms with Crippen LogP contribution in [0.3, 0.4) is 0 Å². The molecule has 2 heterocycles. The predicted octanol–water partition coefficient (Wildman–Crippen LogP) is 2.12. The first-order chi connectivity index (χ1) is 10.9. The van der Waals surface area contributed by atoms with Crippen LogP contribution < -0.4 is 4.74 Å². The Morgan fingerprint density at radius 1 is 1.43 bits per heavy atom. The minimum atomic E-state index is -3.66. The zero-order valence-electron chi connectivity index (χ0n) is 13.1. The molecule has 0 bridgehead atoms. The molecule has 0 saturated carbocycles. The van der Waals surface area contributed by atoms with E-state index in [1.807, 2.05) is 6.92 Å². The quantitative estimate of drug-likeness (QED) is 0.804. The van der Waals surface area contributed by atoms with E-state index in [1.165, 1.54) is 23.5 Å². The monoisotopic (exact) mass is 361 g/mol. The van der Waals surface area contributed by atoms with Gasteiger partial charge in [0.15, 0.2) is 11.6 Å². The van der Waals surface area contributed by atoms with Gasteiger partial charge in [-0.15, -0.1) is 11.8 Å². The maximum Gasteiger partial charge on any atom is 0.243 e. The van der Waals surface area contributed by atoms with Crippen molar-refractivity contribution >= 4 is 21.8 Å². The van der Waals surface area contributed by atoms with E-state index in [2.05, 4.69) is 0 Å². The number of hydrogen-bond acceptors (Lipinski definition) is 5. The third kappa shape index (κ3) is 3.09. The third-order valence-corrected chi connectivity index (χ3v) is 7.63. The van der Waals surface area contributed by atoms with Gasteiger partial charge in [0, 0.05) is 30.2 Å². The minimum Gasteiger partial charge on any atom is -0.494 e. The summed E-state index contributed by atoms with van der Waals surface area (Å²) in [6.07, 6.45) is 1.07. The lowest BCUT2D eigenvalue weighted by Crippen LogP contribution is -2.60. The summed E-state index contributed by atoms with van der Waals surface area (Å²) < 4.78 is 50.8. The van der Waals surface area contributed by atoms with E-state index in [1.54, 1.807) is 11.8 Å². The predicted molar refractivity (Wildman–Crippen MR) is 86.9 cm³/mol. The van der Waals surface area contributed by atoms with E-state index in [0.29, 0.717) is 19.7 Å². The van der Waals surface area contributed by atoms with Crippen LogP contribution in [0.4, 0.5) is 4.39 Å². The molecule has 5 nitrogen and oxygen atoms in total. The Balaban J connectivity index is 1.70. The van der Waals surface area contributed by atoms with Gasteiger partial charge in [-0.3, -0.25) is 0 Å². The fourth-order valence-corrected chi connectivity index (χ4v) is 6.43. The van der Waals surface area contributed by atoms with Gasteiger partial charge in [0.25, 0.3) is 0 Å². The molecule has 0 aliphatic carbocycles. The molecule has 23 heavy (non-hydrogen) atoms. The lowest BCUT2D eigenvalue weighted by Gasteiger charge is -2.46. The average molecular weight is 361 g/mol. The van der Waals surface area contributed by atoms with Crippen molar-refractivity contribution in [2.75, 3.05) is 32.6 Å². The Bertz CT molecular complexity index is 689. The first kappa shape index (κ1) is 17.0. The number of benzene rings is 1. The summed E-state index contributed by atoms with van der Waals surface area (Å²) in [4.78, 5) is -0.0324. The summed E-state index contributed by atoms with van der Waals surface area (Å²) in [7, 11) is -2.31. The average Bonchev–Trinajstić information content (AvgIpc) is 2.90. The van der Waals surface area contributed by atoms with Crippen LogP contribution in [0.25, 0.3) is 0 Å². The molecule has 8 heteroatoms. The van der Waals surface area contributed by atoms with Crippen LogP contribution in [-0.2, 0) is 14.8 Å². The normalized spacial score (nSPS) is 23.9. The van der Waals surface area contributed by atoms with Crippen molar-refractivity contribution in [3.05, 3.63) is 24.0 Å². The molecule has 0 amide bonds. The number of ether oxygens (including phenoxy) is 2. The van der Waals surface area contributed by atoms with Crippen LogP contribution in [0, 0.1) is 5.82 Å². The topological polar surface area (TPSA) is 55.8 Å². The van der Waals surface area contributed by atoms with Crippen molar-refractivity contribution in [1.82, 2.24) is 4.31 Å². The molecule has 3 rings (SSSR count). The maximum absolute atomic E-state index is 13.8. The first-order valence-electron chi connectivity index (χ1n) is 7.49. The molecule has 2 aliphatic heterocycles. The molecule has 1 unspecified atom stereocenters. The van der Waals surface area contributed by atoms with Crippen molar-refractivity contribution in [3.8, 4) is 5.75 Å². The Kier molecular flexibility index (Phi) is 4.61. The third-order valence-electron chi connectivity index (χ3n) is 4.27. The molecule has 1 atom stereocenters. The van der Waals surface area contributed by atoms with E-state index in [9.17, 15) is 12.8 Å². The smallest absolute Gasteiger partial charge is 0.243 e. The second-order valence-corrected chi connectivity index (χ2v) is 9.27. The van der Waals surface area contributed by atoms with Gasteiger partial charge < -0.3 is 9.47 Å². The molecule has 2 fully saturated rings. The molecule has 1 aromatic rings. The SMILES string of the molecule is CCOC1CSC2(C1)CN(S(=O)(=O)c1ccc(OC)c(F)c1)C2. The molecule has 128 valence electrons. The molecule has 0 radical (unpaired) electrons. The Morgan fingerprint density at radius 2 is 2.17 bits per heavy atom. The molecule has 2 saturated heterocycles. The van der Waals surface area contributed by atoms with Gasteiger partial charge in [-0.25, -0.2) is 12.8 Å². The largest absolute Gasteiger partial charge is 0.494 e. The van der Waals surface area contributed by atoms with Gasteiger partial charge in [-0.2, -0.15) is 4.31 Å². The summed E-state index contributed by atoms with van der Waals surface area (Å²) >= 11 is 1.78. The highest BCUT2D eigenvalue weighted by Crippen LogP contribution is 2.47. The zero-order valence-corrected chi connectivity index (χ0v) is 14.8. The molecule has 1 aromatic carbocycles. The highest BCUT2D eigenvalue weighted by molar-refractivity contribution is 8.01. The first-order valence-corrected chi connectivity index (χ1v) is 9.92. The molecule has 2 aliphatic rings. The summed E-state index contributed by atoms with van der Waals surface area (Å²) in [5.74, 6) is 0.268. The second kappa shape index (κ2) is 6.23. The van der Waals surface area contributed by atoms with Crippen LogP contribution in [0.2, 0.25) is 0 Å². The Labute approximate surface area is 140 Å². The van der Waals surface area contributed by atoms with Gasteiger partial charge in [0.1, 0.15) is 0 Å². The van der Waals surface area contributed by atoms with Crippen LogP contribution >= 0.6 is 11.8 Å². The lowest BCUT2D eigenvalue weighted by atomic mass is 9.95. The zero-order chi connectivity index (χ0) is 16.7. The summed E-state index contributed by atoms with van der Waals surface area (Å²) in [5, 5.41) is 0. The van der Waals surface area contributed by atoms with Crippen LogP contribution in [-0.4, -0.2) is 56.1 Å². The second-order valence-electron chi connectivity index (χ2n) is 5.84. The number of thioether (sulfide) groups is 1. The summed E-state index contributed by atoms with van der Waals surface area (Å²) in [6, 6.07) is 3.74. The van der Waals surface area contributed by atoms with Gasteiger partial charge in [-0.05, 0) is 31.5 Å². The van der Waals surface area contributed by atoms with Crippen molar-refractivity contribution < 1.29 is 22.3 Å². The standard InChI is InChI=1S/C15H20FNO4S2/c1-3-21-11-7-15(22-8-11)9-17(10-15)23(18,19)12-4-5-14(20-2)13(16)6-12/h4-6,11H,3,7-10H2,1-2H3. The van der Waals surface area contributed by atoms with Crippen LogP contribution in [0.1, 0.15) is 13.3 Å². The number of sulfonamides is 1. The maximum atomic E-state index is 13.8. The number of halogens is 1. The Morgan fingerprint density at radius 3 is 2.78 bits per heavy atom.